The molecule has 0 spiro atoms. The van der Waals surface area contributed by atoms with Crippen molar-refractivity contribution >= 4 is 17.3 Å². The van der Waals surface area contributed by atoms with Crippen LogP contribution in [-0.2, 0) is 24.2 Å². The van der Waals surface area contributed by atoms with E-state index in [1.807, 2.05) is 6.33 Å². The molecule has 1 fully saturated rings. The molecule has 0 amide bonds. The van der Waals surface area contributed by atoms with Gasteiger partial charge in [-0.05, 0) is 37.3 Å². The van der Waals surface area contributed by atoms with Gasteiger partial charge in [-0.25, -0.2) is 4.98 Å². The van der Waals surface area contributed by atoms with Crippen LogP contribution in [0.3, 0.4) is 0 Å². The standard InChI is InChI=1S/C23H26ClN5O2/c1-16-6-2-3-7-17(16)13-28-15-25-18-14-27(10-9-19(18)28)20-12-26-29(23(30)22(20)24)21-8-4-5-11-31-21/h2-3,6-7,12,15,21H,4-5,8-11,13-14H2,1H3. The van der Waals surface area contributed by atoms with Crippen molar-refractivity contribution in [2.75, 3.05) is 18.1 Å². The molecular weight excluding hydrogens is 414 g/mol. The second-order valence-corrected chi connectivity index (χ2v) is 8.66. The number of hydrogen-bond acceptors (Lipinski definition) is 5. The SMILES string of the molecule is Cc1ccccc1Cn1cnc2c1CCN(c1cnn(C3CCCCO3)c(=O)c1Cl)C2. The topological polar surface area (TPSA) is 65.2 Å². The van der Waals surface area contributed by atoms with Gasteiger partial charge in [0, 0.05) is 31.8 Å². The molecule has 3 aromatic rings. The summed E-state index contributed by atoms with van der Waals surface area (Å²) < 4.78 is 9.32. The van der Waals surface area contributed by atoms with E-state index >= 15 is 0 Å². The monoisotopic (exact) mass is 439 g/mol. The minimum Gasteiger partial charge on any atom is -0.362 e. The summed E-state index contributed by atoms with van der Waals surface area (Å²) in [5.41, 5.74) is 5.22. The Kier molecular flexibility index (Phi) is 5.54. The third-order valence-electron chi connectivity index (χ3n) is 6.29. The number of benzene rings is 1. The Morgan fingerprint density at radius 2 is 2.13 bits per heavy atom. The van der Waals surface area contributed by atoms with E-state index in [0.717, 1.165) is 44.5 Å². The Labute approximate surface area is 186 Å². The van der Waals surface area contributed by atoms with Gasteiger partial charge in [-0.1, -0.05) is 35.9 Å². The van der Waals surface area contributed by atoms with E-state index in [0.29, 0.717) is 18.8 Å². The van der Waals surface area contributed by atoms with Crippen molar-refractivity contribution in [1.29, 1.82) is 0 Å². The first-order chi connectivity index (χ1) is 15.1. The van der Waals surface area contributed by atoms with Crippen molar-refractivity contribution in [3.05, 3.63) is 74.7 Å². The molecule has 5 rings (SSSR count). The number of rotatable bonds is 4. The molecule has 1 saturated heterocycles. The van der Waals surface area contributed by atoms with Gasteiger partial charge in [0.25, 0.3) is 5.56 Å². The Morgan fingerprint density at radius 3 is 2.94 bits per heavy atom. The maximum absolute atomic E-state index is 12.9. The van der Waals surface area contributed by atoms with Crippen LogP contribution < -0.4 is 10.5 Å². The van der Waals surface area contributed by atoms with Crippen molar-refractivity contribution < 1.29 is 4.74 Å². The maximum atomic E-state index is 12.9. The van der Waals surface area contributed by atoms with Gasteiger partial charge >= 0.3 is 0 Å². The quantitative estimate of drug-likeness (QED) is 0.620. The number of fused-ring (bicyclic) bond motifs is 1. The largest absolute Gasteiger partial charge is 0.362 e. The molecule has 2 aromatic heterocycles. The molecule has 0 aliphatic carbocycles. The summed E-state index contributed by atoms with van der Waals surface area (Å²) >= 11 is 6.51. The third kappa shape index (κ3) is 3.88. The average Bonchev–Trinajstić information content (AvgIpc) is 3.20. The lowest BCUT2D eigenvalue weighted by atomic mass is 10.1. The normalized spacial score (nSPS) is 18.8. The van der Waals surface area contributed by atoms with Crippen LogP contribution in [0.4, 0.5) is 5.69 Å². The zero-order valence-electron chi connectivity index (χ0n) is 17.6. The molecule has 0 radical (unpaired) electrons. The summed E-state index contributed by atoms with van der Waals surface area (Å²) in [6, 6.07) is 8.43. The molecule has 4 heterocycles. The van der Waals surface area contributed by atoms with Crippen molar-refractivity contribution in [2.24, 2.45) is 0 Å². The van der Waals surface area contributed by atoms with Crippen LogP contribution in [0.5, 0.6) is 0 Å². The highest BCUT2D eigenvalue weighted by atomic mass is 35.5. The molecule has 162 valence electrons. The second-order valence-electron chi connectivity index (χ2n) is 8.28. The number of hydrogen-bond donors (Lipinski definition) is 0. The minimum atomic E-state index is -0.321. The molecule has 7 nitrogen and oxygen atoms in total. The smallest absolute Gasteiger partial charge is 0.290 e. The number of halogens is 1. The minimum absolute atomic E-state index is 0.201. The van der Waals surface area contributed by atoms with Crippen LogP contribution in [0.1, 0.15) is 48.0 Å². The van der Waals surface area contributed by atoms with Crippen LogP contribution >= 0.6 is 11.6 Å². The molecular formula is C23H26ClN5O2. The first-order valence-electron chi connectivity index (χ1n) is 10.8. The number of aryl methyl sites for hydroxylation is 1. The lowest BCUT2D eigenvalue weighted by Crippen LogP contribution is -2.36. The molecule has 1 aromatic carbocycles. The lowest BCUT2D eigenvalue weighted by Gasteiger charge is -2.30. The van der Waals surface area contributed by atoms with Gasteiger partial charge in [-0.3, -0.25) is 4.79 Å². The summed E-state index contributed by atoms with van der Waals surface area (Å²) in [6.07, 6.45) is 6.95. The highest BCUT2D eigenvalue weighted by molar-refractivity contribution is 6.33. The van der Waals surface area contributed by atoms with Crippen molar-refractivity contribution in [1.82, 2.24) is 19.3 Å². The van der Waals surface area contributed by atoms with E-state index < -0.39 is 0 Å². The Bertz CT molecular complexity index is 1150. The summed E-state index contributed by atoms with van der Waals surface area (Å²) in [6.45, 7) is 4.97. The van der Waals surface area contributed by atoms with Crippen LogP contribution in [0, 0.1) is 6.92 Å². The number of aromatic nitrogens is 4. The highest BCUT2D eigenvalue weighted by Gasteiger charge is 2.26. The summed E-state index contributed by atoms with van der Waals surface area (Å²) in [5, 5.41) is 4.59. The fourth-order valence-corrected chi connectivity index (χ4v) is 4.72. The zero-order chi connectivity index (χ0) is 21.4. The maximum Gasteiger partial charge on any atom is 0.290 e. The van der Waals surface area contributed by atoms with Crippen molar-refractivity contribution in [3.8, 4) is 0 Å². The second kappa shape index (κ2) is 8.48. The number of ether oxygens (including phenoxy) is 1. The Balaban J connectivity index is 1.36. The van der Waals surface area contributed by atoms with Gasteiger partial charge in [0.1, 0.15) is 5.02 Å². The molecule has 31 heavy (non-hydrogen) atoms. The number of anilines is 1. The van der Waals surface area contributed by atoms with Crippen LogP contribution in [0.15, 0.2) is 41.6 Å². The molecule has 8 heteroatoms. The van der Waals surface area contributed by atoms with E-state index in [-0.39, 0.29) is 16.8 Å². The Morgan fingerprint density at radius 1 is 1.26 bits per heavy atom. The van der Waals surface area contributed by atoms with Crippen molar-refractivity contribution in [2.45, 2.75) is 51.9 Å². The van der Waals surface area contributed by atoms with E-state index in [9.17, 15) is 4.79 Å². The van der Waals surface area contributed by atoms with E-state index in [4.69, 9.17) is 16.3 Å². The van der Waals surface area contributed by atoms with E-state index in [1.165, 1.54) is 21.5 Å². The molecule has 1 atom stereocenters. The van der Waals surface area contributed by atoms with Gasteiger partial charge in [0.05, 0.1) is 30.5 Å². The van der Waals surface area contributed by atoms with Crippen LogP contribution in [-0.4, -0.2) is 32.5 Å². The summed E-state index contributed by atoms with van der Waals surface area (Å²) in [7, 11) is 0. The predicted octanol–water partition coefficient (Wildman–Crippen LogP) is 3.71. The van der Waals surface area contributed by atoms with Gasteiger partial charge in [-0.15, -0.1) is 0 Å². The van der Waals surface area contributed by atoms with Gasteiger partial charge in [-0.2, -0.15) is 9.78 Å². The van der Waals surface area contributed by atoms with Gasteiger partial charge in [0.15, 0.2) is 6.23 Å². The molecule has 1 unspecified atom stereocenters. The first kappa shape index (κ1) is 20.3. The van der Waals surface area contributed by atoms with Crippen LogP contribution in [0.25, 0.3) is 0 Å². The average molecular weight is 440 g/mol. The summed E-state index contributed by atoms with van der Waals surface area (Å²) in [4.78, 5) is 19.6. The molecule has 0 N–H and O–H groups in total. The number of nitrogens with zero attached hydrogens (tertiary/aromatic N) is 5. The molecule has 2 aliphatic rings. The predicted molar refractivity (Wildman–Crippen MR) is 120 cm³/mol. The molecule has 2 aliphatic heterocycles. The van der Waals surface area contributed by atoms with E-state index in [2.05, 4.69) is 50.7 Å². The molecule has 0 saturated carbocycles. The summed E-state index contributed by atoms with van der Waals surface area (Å²) in [5.74, 6) is 0. The fourth-order valence-electron chi connectivity index (χ4n) is 4.46. The van der Waals surface area contributed by atoms with Crippen molar-refractivity contribution in [3.63, 3.8) is 0 Å². The van der Waals surface area contributed by atoms with Gasteiger partial charge < -0.3 is 14.2 Å². The van der Waals surface area contributed by atoms with E-state index in [1.54, 1.807) is 6.20 Å². The number of imidazole rings is 1. The fraction of sp³-hybridized carbons (Fsp3) is 0.435. The highest BCUT2D eigenvalue weighted by Crippen LogP contribution is 2.29. The van der Waals surface area contributed by atoms with Crippen LogP contribution in [0.2, 0.25) is 5.02 Å². The third-order valence-corrected chi connectivity index (χ3v) is 6.64. The lowest BCUT2D eigenvalue weighted by molar-refractivity contribution is -0.0424. The first-order valence-corrected chi connectivity index (χ1v) is 11.2. The van der Waals surface area contributed by atoms with Gasteiger partial charge in [0.2, 0.25) is 0 Å². The zero-order valence-corrected chi connectivity index (χ0v) is 18.4. The molecule has 0 bridgehead atoms. The Hall–Kier alpha value is -2.64.